The van der Waals surface area contributed by atoms with Gasteiger partial charge in [-0.1, -0.05) is 65.2 Å². The van der Waals surface area contributed by atoms with E-state index in [0.717, 1.165) is 16.6 Å². The number of nitrogens with one attached hydrogen (secondary N) is 1. The summed E-state index contributed by atoms with van der Waals surface area (Å²) in [7, 11) is 1.61. The van der Waals surface area contributed by atoms with Crippen molar-refractivity contribution in [1.82, 2.24) is 5.16 Å². The summed E-state index contributed by atoms with van der Waals surface area (Å²) in [6, 6.07) is 16.9. The number of hydrogen-bond acceptors (Lipinski definition) is 6. The molecular formula is C25H30BN2O5. The molecule has 1 unspecified atom stereocenters. The molecule has 0 fully saturated rings. The van der Waals surface area contributed by atoms with E-state index in [1.54, 1.807) is 28.3 Å². The van der Waals surface area contributed by atoms with Crippen molar-refractivity contribution in [2.45, 2.75) is 58.8 Å². The molecule has 3 aromatic rings. The number of benzene rings is 2. The van der Waals surface area contributed by atoms with E-state index < -0.39 is 23.4 Å². The molecule has 0 saturated carbocycles. The number of aromatic nitrogens is 1. The van der Waals surface area contributed by atoms with Gasteiger partial charge in [0.2, 0.25) is 0 Å². The molecule has 0 aliphatic rings. The highest BCUT2D eigenvalue weighted by molar-refractivity contribution is 6.47. The largest absolute Gasteiger partial charge is 0.441 e. The van der Waals surface area contributed by atoms with Crippen LogP contribution in [0.3, 0.4) is 0 Å². The topological polar surface area (TPSA) is 93.8 Å². The maximum absolute atomic E-state index is 12.5. The fourth-order valence-corrected chi connectivity index (χ4v) is 2.87. The number of nitrogens with zero attached hydrogens (tertiary/aromatic N) is 1. The summed E-state index contributed by atoms with van der Waals surface area (Å²) < 4.78 is 16.8. The lowest BCUT2D eigenvalue weighted by Crippen LogP contribution is -2.49. The highest BCUT2D eigenvalue weighted by atomic mass is 16.6. The first-order valence-electron chi connectivity index (χ1n) is 10.8. The molecule has 0 aliphatic heterocycles. The lowest BCUT2D eigenvalue weighted by molar-refractivity contribution is -0.0893. The number of aryl methyl sites for hydroxylation is 1. The van der Waals surface area contributed by atoms with Crippen molar-refractivity contribution in [3.63, 3.8) is 0 Å². The molecular weight excluding hydrogens is 419 g/mol. The summed E-state index contributed by atoms with van der Waals surface area (Å²) in [5, 5.41) is 17.0. The van der Waals surface area contributed by atoms with Crippen LogP contribution in [-0.4, -0.2) is 35.0 Å². The van der Waals surface area contributed by atoms with Gasteiger partial charge in [0.25, 0.3) is 0 Å². The Labute approximate surface area is 195 Å². The van der Waals surface area contributed by atoms with Crippen LogP contribution in [0.1, 0.15) is 52.0 Å². The van der Waals surface area contributed by atoms with E-state index in [1.807, 2.05) is 75.4 Å². The molecule has 0 bridgehead atoms. The molecule has 0 aliphatic carbocycles. The predicted octanol–water partition coefficient (Wildman–Crippen LogP) is 4.77. The van der Waals surface area contributed by atoms with Crippen molar-refractivity contribution < 1.29 is 23.8 Å². The van der Waals surface area contributed by atoms with Crippen molar-refractivity contribution in [1.29, 1.82) is 0 Å². The third kappa shape index (κ3) is 6.03. The minimum Gasteiger partial charge on any atom is -0.441 e. The minimum absolute atomic E-state index is 0.405. The van der Waals surface area contributed by atoms with Gasteiger partial charge >= 0.3 is 13.6 Å². The molecule has 7 nitrogen and oxygen atoms in total. The lowest BCUT2D eigenvalue weighted by atomic mass is 9.82. The van der Waals surface area contributed by atoms with E-state index in [9.17, 15) is 9.90 Å². The van der Waals surface area contributed by atoms with Gasteiger partial charge in [0, 0.05) is 5.56 Å². The van der Waals surface area contributed by atoms with Crippen LogP contribution < -0.4 is 10.8 Å². The zero-order chi connectivity index (χ0) is 24.2. The quantitative estimate of drug-likeness (QED) is 0.481. The van der Waals surface area contributed by atoms with Crippen LogP contribution in [0.2, 0.25) is 0 Å². The summed E-state index contributed by atoms with van der Waals surface area (Å²) in [6.45, 7) is 10.6. The van der Waals surface area contributed by atoms with Crippen molar-refractivity contribution >= 4 is 24.7 Å². The van der Waals surface area contributed by atoms with E-state index in [0.29, 0.717) is 17.1 Å². The number of ether oxygens (including phenoxy) is 1. The predicted molar refractivity (Wildman–Crippen MR) is 128 cm³/mol. The molecule has 0 spiro atoms. The van der Waals surface area contributed by atoms with Crippen LogP contribution in [0.15, 0.2) is 59.1 Å². The maximum Gasteiger partial charge on any atom is 0.412 e. The second-order valence-electron chi connectivity index (χ2n) is 8.98. The summed E-state index contributed by atoms with van der Waals surface area (Å²) in [5.74, 6) is 0.432. The summed E-state index contributed by atoms with van der Waals surface area (Å²) in [5.41, 5.74) is 1.68. The standard InChI is InChI=1S/C25H30BN2O5/c1-16-21(27-23(29)31-17(2)18-10-8-7-9-11-18)22(32-28-16)19-12-14-20(15-13-19)26-33-25(5,6)24(3,4)30/h7-15,17,30H,1-6H3,(H,27,29). The van der Waals surface area contributed by atoms with Gasteiger partial charge in [0.15, 0.2) is 5.76 Å². The van der Waals surface area contributed by atoms with E-state index >= 15 is 0 Å². The number of anilines is 1. The van der Waals surface area contributed by atoms with Gasteiger partial charge in [0.1, 0.15) is 17.5 Å². The van der Waals surface area contributed by atoms with Crippen LogP contribution in [0.25, 0.3) is 11.3 Å². The number of carbonyl (C=O) groups excluding carboxylic acids is 1. The third-order valence-corrected chi connectivity index (χ3v) is 5.78. The first-order chi connectivity index (χ1) is 15.5. The smallest absolute Gasteiger partial charge is 0.412 e. The zero-order valence-corrected chi connectivity index (χ0v) is 19.9. The van der Waals surface area contributed by atoms with E-state index in [2.05, 4.69) is 10.5 Å². The van der Waals surface area contributed by atoms with Crippen molar-refractivity contribution in [2.75, 3.05) is 5.32 Å². The monoisotopic (exact) mass is 449 g/mol. The molecule has 1 amide bonds. The summed E-state index contributed by atoms with van der Waals surface area (Å²) in [6.07, 6.45) is -0.996. The number of hydrogen-bond donors (Lipinski definition) is 2. The molecule has 8 heteroatoms. The Morgan fingerprint density at radius 1 is 1.09 bits per heavy atom. The highest BCUT2D eigenvalue weighted by Crippen LogP contribution is 2.31. The first kappa shape index (κ1) is 24.5. The second kappa shape index (κ2) is 9.81. The molecule has 2 aromatic carbocycles. The van der Waals surface area contributed by atoms with Gasteiger partial charge in [-0.2, -0.15) is 0 Å². The maximum atomic E-state index is 12.5. The van der Waals surface area contributed by atoms with E-state index in [4.69, 9.17) is 13.9 Å². The molecule has 0 saturated heterocycles. The SMILES string of the molecule is Cc1noc(-c2ccc([B]OC(C)(C)C(C)(C)O)cc2)c1NC(=O)OC(C)c1ccccc1. The molecule has 1 radical (unpaired) electrons. The minimum atomic E-state index is -1.01. The normalized spacial score (nSPS) is 12.8. The molecule has 1 atom stereocenters. The van der Waals surface area contributed by atoms with Gasteiger partial charge in [-0.25, -0.2) is 4.79 Å². The first-order valence-corrected chi connectivity index (χ1v) is 10.8. The number of aliphatic hydroxyl groups is 1. The van der Waals surface area contributed by atoms with Gasteiger partial charge < -0.3 is 19.0 Å². The molecule has 1 heterocycles. The van der Waals surface area contributed by atoms with Crippen molar-refractivity contribution in [2.24, 2.45) is 0 Å². The Morgan fingerprint density at radius 2 is 1.73 bits per heavy atom. The Kier molecular flexibility index (Phi) is 7.30. The van der Waals surface area contributed by atoms with Crippen LogP contribution >= 0.6 is 0 Å². The van der Waals surface area contributed by atoms with Gasteiger partial charge in [-0.15, -0.1) is 0 Å². The molecule has 1 aromatic heterocycles. The lowest BCUT2D eigenvalue weighted by Gasteiger charge is -2.37. The Hall–Kier alpha value is -3.10. The van der Waals surface area contributed by atoms with Crippen molar-refractivity contribution in [3.05, 3.63) is 65.9 Å². The molecule has 2 N–H and O–H groups in total. The van der Waals surface area contributed by atoms with Crippen LogP contribution in [0.5, 0.6) is 0 Å². The molecule has 173 valence electrons. The Morgan fingerprint density at radius 3 is 2.33 bits per heavy atom. The van der Waals surface area contributed by atoms with E-state index in [-0.39, 0.29) is 0 Å². The fraction of sp³-hybridized carbons (Fsp3) is 0.360. The average molecular weight is 449 g/mol. The number of amides is 1. The summed E-state index contributed by atoms with van der Waals surface area (Å²) >= 11 is 0. The van der Waals surface area contributed by atoms with Crippen molar-refractivity contribution in [3.8, 4) is 11.3 Å². The zero-order valence-electron chi connectivity index (χ0n) is 19.9. The molecule has 3 rings (SSSR count). The number of rotatable bonds is 8. The van der Waals surface area contributed by atoms with E-state index in [1.165, 1.54) is 0 Å². The van der Waals surface area contributed by atoms with Gasteiger partial charge in [-0.3, -0.25) is 5.32 Å². The second-order valence-corrected chi connectivity index (χ2v) is 8.98. The van der Waals surface area contributed by atoms with Gasteiger partial charge in [0.05, 0.1) is 11.2 Å². The fourth-order valence-electron chi connectivity index (χ4n) is 2.87. The average Bonchev–Trinajstić information content (AvgIpc) is 3.12. The highest BCUT2D eigenvalue weighted by Gasteiger charge is 2.35. The van der Waals surface area contributed by atoms with Crippen LogP contribution in [0.4, 0.5) is 10.5 Å². The Bertz CT molecular complexity index is 1070. The van der Waals surface area contributed by atoms with Gasteiger partial charge in [-0.05, 0) is 47.1 Å². The number of carbonyl (C=O) groups is 1. The summed E-state index contributed by atoms with van der Waals surface area (Å²) in [4.78, 5) is 12.5. The molecule has 33 heavy (non-hydrogen) atoms. The van der Waals surface area contributed by atoms with Crippen LogP contribution in [0, 0.1) is 6.92 Å². The Balaban J connectivity index is 1.68. The third-order valence-electron chi connectivity index (χ3n) is 5.78. The van der Waals surface area contributed by atoms with Crippen LogP contribution in [-0.2, 0) is 9.39 Å².